The van der Waals surface area contributed by atoms with Gasteiger partial charge in [-0.05, 0) is 37.5 Å². The first-order valence-corrected chi connectivity index (χ1v) is 8.46. The molecule has 3 rings (SSSR count). The molecule has 1 unspecified atom stereocenters. The van der Waals surface area contributed by atoms with E-state index in [1.807, 2.05) is 0 Å². The normalized spacial score (nSPS) is 28.8. The third-order valence-corrected chi connectivity index (χ3v) is 5.31. The molecule has 2 aliphatic rings. The van der Waals surface area contributed by atoms with Gasteiger partial charge in [-0.3, -0.25) is 4.90 Å². The molecular weight excluding hydrogens is 360 g/mol. The number of rotatable bonds is 3. The first-order chi connectivity index (χ1) is 10.8. The van der Waals surface area contributed by atoms with Crippen LogP contribution in [0, 0.1) is 11.7 Å². The van der Waals surface area contributed by atoms with E-state index in [1.54, 1.807) is 12.1 Å². The third-order valence-electron chi connectivity index (χ3n) is 5.02. The third kappa shape index (κ3) is 4.01. The van der Waals surface area contributed by atoms with Crippen LogP contribution in [0.5, 0.6) is 0 Å². The minimum absolute atomic E-state index is 0. The van der Waals surface area contributed by atoms with Crippen LogP contribution in [0.1, 0.15) is 38.3 Å². The molecule has 2 nitrogen and oxygen atoms in total. The highest BCUT2D eigenvalue weighted by Crippen LogP contribution is 2.51. The minimum Gasteiger partial charge on any atom is -0.311 e. The number of halogens is 5. The van der Waals surface area contributed by atoms with E-state index in [9.17, 15) is 13.2 Å². The van der Waals surface area contributed by atoms with Crippen molar-refractivity contribution in [3.63, 3.8) is 0 Å². The van der Waals surface area contributed by atoms with E-state index in [1.165, 1.54) is 6.07 Å². The van der Waals surface area contributed by atoms with E-state index < -0.39 is 11.7 Å². The topological polar surface area (TPSA) is 15.3 Å². The molecule has 1 aromatic carbocycles. The van der Waals surface area contributed by atoms with Crippen molar-refractivity contribution in [2.24, 2.45) is 5.92 Å². The Morgan fingerprint density at radius 1 is 1.29 bits per heavy atom. The molecule has 0 radical (unpaired) electrons. The van der Waals surface area contributed by atoms with Crippen molar-refractivity contribution in [1.29, 1.82) is 0 Å². The Labute approximate surface area is 152 Å². The summed E-state index contributed by atoms with van der Waals surface area (Å²) in [6.07, 6.45) is -0.227. The summed E-state index contributed by atoms with van der Waals surface area (Å²) in [7, 11) is 0. The van der Waals surface area contributed by atoms with Crippen molar-refractivity contribution in [2.75, 3.05) is 13.1 Å². The smallest absolute Gasteiger partial charge is 0.248 e. The molecule has 0 aromatic heterocycles. The molecule has 1 heterocycles. The molecule has 1 saturated heterocycles. The van der Waals surface area contributed by atoms with Crippen LogP contribution in [0.2, 0.25) is 5.02 Å². The monoisotopic (exact) mass is 382 g/mol. The SMILES string of the molecule is C[C@@H]1CN[C@@H](C)CN1C(c1ccc(F)c(Cl)c1)C1CC(F)(F)C1.Cl. The number of hydrogen-bond donors (Lipinski definition) is 1. The Morgan fingerprint density at radius 2 is 1.96 bits per heavy atom. The molecule has 0 spiro atoms. The second-order valence-corrected chi connectivity index (χ2v) is 7.40. The molecule has 1 N–H and O–H groups in total. The molecule has 136 valence electrons. The standard InChI is InChI=1S/C17H22ClF3N2.ClH/c1-10-9-23(11(2)8-22-10)16(13-6-17(20,21)7-13)12-3-4-15(19)14(18)5-12;/h3-5,10-11,13,16,22H,6-9H2,1-2H3;1H/t10-,11+,16?;/m0./s1. The van der Waals surface area contributed by atoms with E-state index >= 15 is 0 Å². The zero-order valence-electron chi connectivity index (χ0n) is 13.7. The molecule has 1 aliphatic heterocycles. The van der Waals surface area contributed by atoms with Crippen LogP contribution in [0.4, 0.5) is 13.2 Å². The Kier molecular flexibility index (Phi) is 6.12. The van der Waals surface area contributed by atoms with Crippen LogP contribution in [0.25, 0.3) is 0 Å². The van der Waals surface area contributed by atoms with Crippen molar-refractivity contribution < 1.29 is 13.2 Å². The maximum atomic E-state index is 13.5. The van der Waals surface area contributed by atoms with Crippen LogP contribution in [0.3, 0.4) is 0 Å². The molecule has 0 amide bonds. The molecular formula is C17H23Cl2F3N2. The van der Waals surface area contributed by atoms with Gasteiger partial charge in [-0.2, -0.15) is 0 Å². The lowest BCUT2D eigenvalue weighted by atomic mass is 9.73. The van der Waals surface area contributed by atoms with Gasteiger partial charge in [-0.25, -0.2) is 13.2 Å². The zero-order valence-corrected chi connectivity index (χ0v) is 15.3. The van der Waals surface area contributed by atoms with Gasteiger partial charge in [0.15, 0.2) is 0 Å². The van der Waals surface area contributed by atoms with Gasteiger partial charge in [-0.1, -0.05) is 17.7 Å². The van der Waals surface area contributed by atoms with Crippen LogP contribution in [-0.2, 0) is 0 Å². The van der Waals surface area contributed by atoms with Gasteiger partial charge < -0.3 is 5.32 Å². The second-order valence-electron chi connectivity index (χ2n) is 7.00. The van der Waals surface area contributed by atoms with Crippen molar-refractivity contribution in [3.8, 4) is 0 Å². The van der Waals surface area contributed by atoms with Crippen LogP contribution >= 0.6 is 24.0 Å². The summed E-state index contributed by atoms with van der Waals surface area (Å²) in [4.78, 5) is 2.27. The number of piperazine rings is 1. The van der Waals surface area contributed by atoms with E-state index in [0.29, 0.717) is 6.04 Å². The molecule has 2 fully saturated rings. The maximum Gasteiger partial charge on any atom is 0.248 e. The fourth-order valence-electron chi connectivity index (χ4n) is 3.80. The number of benzene rings is 1. The Morgan fingerprint density at radius 3 is 2.54 bits per heavy atom. The van der Waals surface area contributed by atoms with E-state index in [2.05, 4.69) is 24.1 Å². The predicted octanol–water partition coefficient (Wildman–Crippen LogP) is 4.67. The highest BCUT2D eigenvalue weighted by atomic mass is 35.5. The highest BCUT2D eigenvalue weighted by Gasteiger charge is 2.51. The van der Waals surface area contributed by atoms with Crippen molar-refractivity contribution in [1.82, 2.24) is 10.2 Å². The fourth-order valence-corrected chi connectivity index (χ4v) is 3.99. The molecule has 24 heavy (non-hydrogen) atoms. The lowest BCUT2D eigenvalue weighted by Crippen LogP contribution is -2.58. The largest absolute Gasteiger partial charge is 0.311 e. The average molecular weight is 383 g/mol. The quantitative estimate of drug-likeness (QED) is 0.816. The summed E-state index contributed by atoms with van der Waals surface area (Å²) >= 11 is 5.93. The average Bonchev–Trinajstić information content (AvgIpc) is 2.45. The lowest BCUT2D eigenvalue weighted by Gasteiger charge is -2.49. The zero-order chi connectivity index (χ0) is 16.8. The first-order valence-electron chi connectivity index (χ1n) is 8.09. The van der Waals surface area contributed by atoms with Crippen molar-refractivity contribution >= 4 is 24.0 Å². The number of nitrogens with one attached hydrogen (secondary N) is 1. The van der Waals surface area contributed by atoms with Gasteiger partial charge in [0, 0.05) is 44.1 Å². The van der Waals surface area contributed by atoms with E-state index in [0.717, 1.165) is 18.7 Å². The van der Waals surface area contributed by atoms with Gasteiger partial charge in [0.05, 0.1) is 5.02 Å². The van der Waals surface area contributed by atoms with Crippen LogP contribution in [0.15, 0.2) is 18.2 Å². The van der Waals surface area contributed by atoms with Crippen molar-refractivity contribution in [3.05, 3.63) is 34.6 Å². The lowest BCUT2D eigenvalue weighted by molar-refractivity contribution is -0.137. The summed E-state index contributed by atoms with van der Waals surface area (Å²) in [5.74, 6) is -3.18. The summed E-state index contributed by atoms with van der Waals surface area (Å²) < 4.78 is 40.4. The van der Waals surface area contributed by atoms with Gasteiger partial charge in [0.2, 0.25) is 5.92 Å². The van der Waals surface area contributed by atoms with Gasteiger partial charge in [0.1, 0.15) is 5.82 Å². The molecule has 1 saturated carbocycles. The van der Waals surface area contributed by atoms with Gasteiger partial charge >= 0.3 is 0 Å². The highest BCUT2D eigenvalue weighted by molar-refractivity contribution is 6.30. The molecule has 3 atom stereocenters. The predicted molar refractivity (Wildman–Crippen MR) is 92.7 cm³/mol. The number of alkyl halides is 2. The summed E-state index contributed by atoms with van der Waals surface area (Å²) in [5.41, 5.74) is 0.831. The molecule has 7 heteroatoms. The first kappa shape index (κ1) is 19.8. The Bertz CT molecular complexity index is 577. The summed E-state index contributed by atoms with van der Waals surface area (Å²) in [5, 5.41) is 3.45. The van der Waals surface area contributed by atoms with Crippen LogP contribution in [-0.4, -0.2) is 36.0 Å². The summed E-state index contributed by atoms with van der Waals surface area (Å²) in [6.45, 7) is 5.77. The molecule has 1 aliphatic carbocycles. The number of nitrogens with zero attached hydrogens (tertiary/aromatic N) is 1. The molecule has 0 bridgehead atoms. The maximum absolute atomic E-state index is 13.5. The second kappa shape index (κ2) is 7.40. The van der Waals surface area contributed by atoms with Crippen molar-refractivity contribution in [2.45, 2.75) is 50.7 Å². The number of hydrogen-bond acceptors (Lipinski definition) is 2. The van der Waals surface area contributed by atoms with E-state index in [4.69, 9.17) is 11.6 Å². The van der Waals surface area contributed by atoms with E-state index in [-0.39, 0.29) is 48.3 Å². The fraction of sp³-hybridized carbons (Fsp3) is 0.647. The molecule has 1 aromatic rings. The van der Waals surface area contributed by atoms with Gasteiger partial charge in [-0.15, -0.1) is 12.4 Å². The van der Waals surface area contributed by atoms with Crippen LogP contribution < -0.4 is 5.32 Å². The Balaban J connectivity index is 0.00000208. The minimum atomic E-state index is -2.57. The summed E-state index contributed by atoms with van der Waals surface area (Å²) in [6, 6.07) is 4.99. The Hall–Kier alpha value is -0.490. The van der Waals surface area contributed by atoms with Gasteiger partial charge in [0.25, 0.3) is 0 Å².